The number of halogens is 5. The number of fused-ring (bicyclic) bond motifs is 2. The molecule has 0 bridgehead atoms. The largest absolute Gasteiger partial charge is 0.483 e. The van der Waals surface area contributed by atoms with E-state index < -0.39 is 29.5 Å². The number of benzene rings is 4. The molecule has 0 saturated carbocycles. The van der Waals surface area contributed by atoms with Gasteiger partial charge in [-0.05, 0) is 66.6 Å². The Morgan fingerprint density at radius 3 is 2.51 bits per heavy atom. The Balaban J connectivity index is 1.35. The number of ether oxygens (including phenoxy) is 1. The normalized spacial score (nSPS) is 16.4. The second-order valence-electron chi connectivity index (χ2n) is 9.13. The van der Waals surface area contributed by atoms with Crippen LogP contribution in [-0.2, 0) is 6.18 Å². The van der Waals surface area contributed by atoms with E-state index in [0.29, 0.717) is 18.7 Å². The van der Waals surface area contributed by atoms with Crippen LogP contribution < -0.4 is 15.0 Å². The van der Waals surface area contributed by atoms with Gasteiger partial charge in [-0.1, -0.05) is 48.5 Å². The first-order valence-electron chi connectivity index (χ1n) is 12.0. The zero-order valence-corrected chi connectivity index (χ0v) is 20.0. The van der Waals surface area contributed by atoms with Crippen molar-refractivity contribution in [3.8, 4) is 5.75 Å². The molecule has 2 atom stereocenters. The van der Waals surface area contributed by atoms with Crippen molar-refractivity contribution >= 4 is 22.1 Å². The van der Waals surface area contributed by atoms with Gasteiger partial charge in [-0.25, -0.2) is 8.78 Å². The van der Waals surface area contributed by atoms with Gasteiger partial charge in [-0.2, -0.15) is 13.2 Å². The molecule has 1 heterocycles. The maximum atomic E-state index is 14.7. The predicted molar refractivity (Wildman–Crippen MR) is 134 cm³/mol. The molecule has 3 nitrogen and oxygen atoms in total. The van der Waals surface area contributed by atoms with E-state index >= 15 is 0 Å². The molecule has 0 aliphatic carbocycles. The highest BCUT2D eigenvalue weighted by Crippen LogP contribution is 2.42. The summed E-state index contributed by atoms with van der Waals surface area (Å²) < 4.78 is 74.6. The number of nitrogens with one attached hydrogen (secondary N) is 1. The molecule has 5 rings (SSSR count). The molecule has 0 aromatic heterocycles. The van der Waals surface area contributed by atoms with E-state index in [2.05, 4.69) is 36.5 Å². The molecule has 0 amide bonds. The van der Waals surface area contributed by atoms with Gasteiger partial charge in [0, 0.05) is 11.7 Å². The number of para-hydroxylation sites is 1. The Bertz CT molecular complexity index is 1420. The van der Waals surface area contributed by atoms with Crippen LogP contribution in [0.5, 0.6) is 5.75 Å². The number of nitrogens with zero attached hydrogens (tertiary/aromatic N) is 1. The van der Waals surface area contributed by atoms with Crippen molar-refractivity contribution in [2.75, 3.05) is 18.0 Å². The van der Waals surface area contributed by atoms with Crippen molar-refractivity contribution in [1.82, 2.24) is 5.32 Å². The quantitative estimate of drug-likeness (QED) is 0.267. The second-order valence-corrected chi connectivity index (χ2v) is 9.13. The minimum Gasteiger partial charge on any atom is -0.483 e. The molecule has 8 heteroatoms. The molecular formula is C29H25F5N2O. The summed E-state index contributed by atoms with van der Waals surface area (Å²) in [7, 11) is 0. The highest BCUT2D eigenvalue weighted by Gasteiger charge is 2.36. The van der Waals surface area contributed by atoms with E-state index in [-0.39, 0.29) is 24.0 Å². The summed E-state index contributed by atoms with van der Waals surface area (Å²) in [6, 6.07) is 21.4. The number of hydrogen-bond donors (Lipinski definition) is 1. The number of rotatable bonds is 6. The maximum absolute atomic E-state index is 14.7. The van der Waals surface area contributed by atoms with E-state index in [1.807, 2.05) is 18.2 Å². The van der Waals surface area contributed by atoms with Gasteiger partial charge in [0.1, 0.15) is 11.9 Å². The van der Waals surface area contributed by atoms with Gasteiger partial charge in [0.25, 0.3) is 0 Å². The fourth-order valence-electron chi connectivity index (χ4n) is 4.82. The van der Waals surface area contributed by atoms with Gasteiger partial charge in [0.2, 0.25) is 0 Å². The zero-order chi connectivity index (χ0) is 26.2. The first kappa shape index (κ1) is 25.0. The topological polar surface area (TPSA) is 24.5 Å². The minimum atomic E-state index is -4.85. The second kappa shape index (κ2) is 10.0. The van der Waals surface area contributed by atoms with E-state index in [0.717, 1.165) is 28.5 Å². The van der Waals surface area contributed by atoms with Crippen LogP contribution in [0.25, 0.3) is 10.8 Å². The molecule has 0 fully saturated rings. The molecule has 0 spiro atoms. The van der Waals surface area contributed by atoms with Gasteiger partial charge >= 0.3 is 6.18 Å². The zero-order valence-electron chi connectivity index (χ0n) is 20.0. The van der Waals surface area contributed by atoms with Crippen LogP contribution in [0.15, 0.2) is 78.9 Å². The van der Waals surface area contributed by atoms with Crippen LogP contribution in [-0.4, -0.2) is 19.2 Å². The highest BCUT2D eigenvalue weighted by atomic mass is 19.4. The lowest BCUT2D eigenvalue weighted by molar-refractivity contribution is -0.139. The number of alkyl halides is 3. The van der Waals surface area contributed by atoms with E-state index in [1.54, 1.807) is 11.0 Å². The van der Waals surface area contributed by atoms with Gasteiger partial charge in [0.15, 0.2) is 11.6 Å². The van der Waals surface area contributed by atoms with Crippen molar-refractivity contribution in [3.63, 3.8) is 0 Å². The maximum Gasteiger partial charge on any atom is 0.419 e. The summed E-state index contributed by atoms with van der Waals surface area (Å²) in [5.74, 6) is -1.99. The van der Waals surface area contributed by atoms with E-state index in [1.165, 1.54) is 18.2 Å². The Kier molecular flexibility index (Phi) is 6.77. The smallest absolute Gasteiger partial charge is 0.419 e. The molecule has 192 valence electrons. The fraction of sp³-hybridized carbons (Fsp3) is 0.241. The van der Waals surface area contributed by atoms with Gasteiger partial charge < -0.3 is 15.0 Å². The minimum absolute atomic E-state index is 0.0289. The van der Waals surface area contributed by atoms with Gasteiger partial charge in [-0.15, -0.1) is 0 Å². The molecule has 4 aromatic carbocycles. The molecule has 1 aliphatic heterocycles. The molecule has 37 heavy (non-hydrogen) atoms. The summed E-state index contributed by atoms with van der Waals surface area (Å²) in [5.41, 5.74) is 0.197. The van der Waals surface area contributed by atoms with Crippen LogP contribution in [0.1, 0.15) is 30.5 Å². The lowest BCUT2D eigenvalue weighted by Crippen LogP contribution is -2.39. The van der Waals surface area contributed by atoms with Crippen molar-refractivity contribution in [3.05, 3.63) is 102 Å². The van der Waals surface area contributed by atoms with E-state index in [4.69, 9.17) is 4.74 Å². The number of hydrogen-bond acceptors (Lipinski definition) is 3. The lowest BCUT2D eigenvalue weighted by Gasteiger charge is -2.37. The SMILES string of the molecule is CC(NCCC1CN(c2ccc(F)c(C(F)(F)F)c2)c2cccc(F)c2O1)c1cccc2ccccc12. The molecule has 0 saturated heterocycles. The summed E-state index contributed by atoms with van der Waals surface area (Å²) in [6.07, 6.45) is -4.87. The highest BCUT2D eigenvalue weighted by molar-refractivity contribution is 5.86. The monoisotopic (exact) mass is 512 g/mol. The Labute approximate surface area is 211 Å². The number of anilines is 2. The Morgan fingerprint density at radius 2 is 1.70 bits per heavy atom. The Morgan fingerprint density at radius 1 is 0.946 bits per heavy atom. The van der Waals surface area contributed by atoms with Crippen LogP contribution in [0.4, 0.5) is 33.3 Å². The Hall–Kier alpha value is -3.65. The molecule has 1 aliphatic rings. The molecule has 4 aromatic rings. The summed E-state index contributed by atoms with van der Waals surface area (Å²) in [6.45, 7) is 2.77. The van der Waals surface area contributed by atoms with Crippen molar-refractivity contribution in [2.24, 2.45) is 0 Å². The first-order chi connectivity index (χ1) is 17.7. The standard InChI is InChI=1S/C29H25F5N2O/c1-18(22-9-4-7-19-6-2-3-8-23(19)22)35-15-14-21-17-36(27-11-5-10-26(31)28(27)37-21)20-12-13-25(30)24(16-20)29(32,33)34/h2-13,16,18,21,35H,14-15,17H2,1H3. The third-order valence-corrected chi connectivity index (χ3v) is 6.68. The fourth-order valence-corrected chi connectivity index (χ4v) is 4.82. The van der Waals surface area contributed by atoms with Gasteiger partial charge in [-0.3, -0.25) is 0 Å². The van der Waals surface area contributed by atoms with Crippen LogP contribution in [0.3, 0.4) is 0 Å². The lowest BCUT2D eigenvalue weighted by atomic mass is 9.99. The van der Waals surface area contributed by atoms with Gasteiger partial charge in [0.05, 0.1) is 17.8 Å². The summed E-state index contributed by atoms with van der Waals surface area (Å²) in [4.78, 5) is 1.55. The van der Waals surface area contributed by atoms with Crippen molar-refractivity contribution in [2.45, 2.75) is 31.7 Å². The van der Waals surface area contributed by atoms with Crippen LogP contribution >= 0.6 is 0 Å². The summed E-state index contributed by atoms with van der Waals surface area (Å²) in [5, 5.41) is 5.77. The summed E-state index contributed by atoms with van der Waals surface area (Å²) >= 11 is 0. The predicted octanol–water partition coefficient (Wildman–Crippen LogP) is 7.78. The van der Waals surface area contributed by atoms with Crippen LogP contribution in [0, 0.1) is 11.6 Å². The molecule has 0 radical (unpaired) electrons. The van der Waals surface area contributed by atoms with Crippen molar-refractivity contribution < 1.29 is 26.7 Å². The van der Waals surface area contributed by atoms with Crippen molar-refractivity contribution in [1.29, 1.82) is 0 Å². The van der Waals surface area contributed by atoms with Crippen LogP contribution in [0.2, 0.25) is 0 Å². The van der Waals surface area contributed by atoms with E-state index in [9.17, 15) is 22.0 Å². The molecular weight excluding hydrogens is 487 g/mol. The molecule has 2 unspecified atom stereocenters. The third-order valence-electron chi connectivity index (χ3n) is 6.68. The first-order valence-corrected chi connectivity index (χ1v) is 12.0. The molecule has 1 N–H and O–H groups in total. The average molecular weight is 513 g/mol. The third kappa shape index (κ3) is 5.11. The average Bonchev–Trinajstić information content (AvgIpc) is 2.88.